The summed E-state index contributed by atoms with van der Waals surface area (Å²) in [5.41, 5.74) is 4.44. The van der Waals surface area contributed by atoms with Crippen molar-refractivity contribution >= 4 is 16.7 Å². The second-order valence-corrected chi connectivity index (χ2v) is 7.83. The van der Waals surface area contributed by atoms with Crippen molar-refractivity contribution in [2.45, 2.75) is 13.1 Å². The molecule has 0 unspecified atom stereocenters. The van der Waals surface area contributed by atoms with Crippen LogP contribution < -0.4 is 0 Å². The molecule has 1 amide bonds. The van der Waals surface area contributed by atoms with Crippen molar-refractivity contribution in [1.82, 2.24) is 15.1 Å². The molecule has 1 heterocycles. The molecule has 0 bridgehead atoms. The molecule has 32 heavy (non-hydrogen) atoms. The van der Waals surface area contributed by atoms with E-state index in [1.807, 2.05) is 95.9 Å². The number of amides is 1. The SMILES string of the molecule is O=C(c1cc(-c2cccc3ccccc23)n[nH]1)N(Cc1ccccc1)Cc1ccccc1. The van der Waals surface area contributed by atoms with Gasteiger partial charge in [0.2, 0.25) is 0 Å². The zero-order valence-corrected chi connectivity index (χ0v) is 17.6. The molecule has 4 aromatic carbocycles. The van der Waals surface area contributed by atoms with Crippen LogP contribution in [0.2, 0.25) is 0 Å². The summed E-state index contributed by atoms with van der Waals surface area (Å²) in [6.45, 7) is 1.05. The van der Waals surface area contributed by atoms with Gasteiger partial charge in [0.25, 0.3) is 5.91 Å². The highest BCUT2D eigenvalue weighted by atomic mass is 16.2. The summed E-state index contributed by atoms with van der Waals surface area (Å²) in [5, 5.41) is 9.73. The van der Waals surface area contributed by atoms with Gasteiger partial charge in [-0.15, -0.1) is 0 Å². The maximum Gasteiger partial charge on any atom is 0.272 e. The topological polar surface area (TPSA) is 49.0 Å². The average molecular weight is 418 g/mol. The summed E-state index contributed by atoms with van der Waals surface area (Å²) in [6, 6.07) is 36.3. The molecule has 0 aliphatic heterocycles. The fourth-order valence-electron chi connectivity index (χ4n) is 4.00. The van der Waals surface area contributed by atoms with Crippen molar-refractivity contribution in [3.8, 4) is 11.3 Å². The highest BCUT2D eigenvalue weighted by molar-refractivity contribution is 5.98. The van der Waals surface area contributed by atoms with E-state index in [1.54, 1.807) is 0 Å². The standard InChI is InChI=1S/C28H23N3O/c32-28(31(19-21-10-3-1-4-11-21)20-22-12-5-2-6-13-22)27-18-26(29-30-27)25-17-9-15-23-14-7-8-16-24(23)25/h1-18H,19-20H2,(H,29,30). The first-order chi connectivity index (χ1) is 15.8. The molecule has 4 heteroatoms. The van der Waals surface area contributed by atoms with Gasteiger partial charge in [0, 0.05) is 18.7 Å². The molecule has 0 aliphatic carbocycles. The second-order valence-electron chi connectivity index (χ2n) is 7.83. The van der Waals surface area contributed by atoms with Gasteiger partial charge in [0.05, 0.1) is 5.69 Å². The van der Waals surface area contributed by atoms with Crippen molar-refractivity contribution in [2.24, 2.45) is 0 Å². The molecule has 0 atom stereocenters. The van der Waals surface area contributed by atoms with Crippen LogP contribution in [0.3, 0.4) is 0 Å². The molecule has 4 nitrogen and oxygen atoms in total. The maximum absolute atomic E-state index is 13.5. The Morgan fingerprint density at radius 3 is 2.00 bits per heavy atom. The first-order valence-electron chi connectivity index (χ1n) is 10.7. The number of hydrogen-bond acceptors (Lipinski definition) is 2. The Hall–Kier alpha value is -4.18. The molecule has 0 fully saturated rings. The third-order valence-corrected chi connectivity index (χ3v) is 5.59. The van der Waals surface area contributed by atoms with Crippen molar-refractivity contribution in [2.75, 3.05) is 0 Å². The Morgan fingerprint density at radius 1 is 0.719 bits per heavy atom. The van der Waals surface area contributed by atoms with Gasteiger partial charge in [-0.05, 0) is 28.0 Å². The van der Waals surface area contributed by atoms with E-state index in [2.05, 4.69) is 28.4 Å². The summed E-state index contributed by atoms with van der Waals surface area (Å²) in [7, 11) is 0. The molecular formula is C28H23N3O. The minimum Gasteiger partial charge on any atom is -0.329 e. The fourth-order valence-corrected chi connectivity index (χ4v) is 4.00. The number of aromatic amines is 1. The van der Waals surface area contributed by atoms with Crippen molar-refractivity contribution in [3.63, 3.8) is 0 Å². The largest absolute Gasteiger partial charge is 0.329 e. The van der Waals surface area contributed by atoms with Gasteiger partial charge in [-0.1, -0.05) is 103 Å². The third kappa shape index (κ3) is 4.16. The van der Waals surface area contributed by atoms with Crippen LogP contribution in [0.5, 0.6) is 0 Å². The van der Waals surface area contributed by atoms with E-state index in [9.17, 15) is 4.79 Å². The summed E-state index contributed by atoms with van der Waals surface area (Å²) in [5.74, 6) is -0.0725. The van der Waals surface area contributed by atoms with Gasteiger partial charge < -0.3 is 4.90 Å². The fraction of sp³-hybridized carbons (Fsp3) is 0.0714. The lowest BCUT2D eigenvalue weighted by Gasteiger charge is -2.22. The molecule has 5 rings (SSSR count). The normalized spacial score (nSPS) is 10.9. The lowest BCUT2D eigenvalue weighted by molar-refractivity contribution is 0.0724. The number of hydrogen-bond donors (Lipinski definition) is 1. The summed E-state index contributed by atoms with van der Waals surface area (Å²) < 4.78 is 0. The smallest absolute Gasteiger partial charge is 0.272 e. The van der Waals surface area contributed by atoms with Crippen LogP contribution >= 0.6 is 0 Å². The number of carbonyl (C=O) groups is 1. The number of carbonyl (C=O) groups excluding carboxylic acids is 1. The number of aromatic nitrogens is 2. The molecule has 0 aliphatic rings. The predicted molar refractivity (Wildman–Crippen MR) is 128 cm³/mol. The van der Waals surface area contributed by atoms with E-state index in [0.29, 0.717) is 18.8 Å². The average Bonchev–Trinajstić information content (AvgIpc) is 3.34. The van der Waals surface area contributed by atoms with Gasteiger partial charge >= 0.3 is 0 Å². The summed E-state index contributed by atoms with van der Waals surface area (Å²) in [6.07, 6.45) is 0. The molecule has 0 saturated heterocycles. The molecule has 1 N–H and O–H groups in total. The first kappa shape index (κ1) is 19.8. The Balaban J connectivity index is 1.46. The van der Waals surface area contributed by atoms with Crippen molar-refractivity contribution < 1.29 is 4.79 Å². The summed E-state index contributed by atoms with van der Waals surface area (Å²) in [4.78, 5) is 15.4. The number of nitrogens with one attached hydrogen (secondary N) is 1. The number of H-pyrrole nitrogens is 1. The van der Waals surface area contributed by atoms with E-state index < -0.39 is 0 Å². The molecule has 5 aromatic rings. The van der Waals surface area contributed by atoms with Crippen LogP contribution in [-0.2, 0) is 13.1 Å². The van der Waals surface area contributed by atoms with E-state index in [1.165, 1.54) is 0 Å². The van der Waals surface area contributed by atoms with Gasteiger partial charge in [-0.2, -0.15) is 5.10 Å². The number of rotatable bonds is 6. The molecule has 0 radical (unpaired) electrons. The van der Waals surface area contributed by atoms with Crippen LogP contribution in [0, 0.1) is 0 Å². The van der Waals surface area contributed by atoms with E-state index in [4.69, 9.17) is 0 Å². The van der Waals surface area contributed by atoms with Crippen LogP contribution in [0.15, 0.2) is 109 Å². The van der Waals surface area contributed by atoms with E-state index >= 15 is 0 Å². The monoisotopic (exact) mass is 417 g/mol. The van der Waals surface area contributed by atoms with Gasteiger partial charge in [0.15, 0.2) is 0 Å². The van der Waals surface area contributed by atoms with Crippen LogP contribution in [0.25, 0.3) is 22.0 Å². The van der Waals surface area contributed by atoms with Gasteiger partial charge in [-0.3, -0.25) is 9.89 Å². The molecule has 156 valence electrons. The molecular weight excluding hydrogens is 394 g/mol. The molecule has 0 spiro atoms. The predicted octanol–water partition coefficient (Wildman–Crippen LogP) is 6.07. The van der Waals surface area contributed by atoms with E-state index in [0.717, 1.165) is 33.2 Å². The lowest BCUT2D eigenvalue weighted by atomic mass is 10.0. The Kier molecular flexibility index (Phi) is 5.50. The quantitative estimate of drug-likeness (QED) is 0.364. The number of benzene rings is 4. The number of nitrogens with zero attached hydrogens (tertiary/aromatic N) is 2. The Labute approximate surface area is 187 Å². The Bertz CT molecular complexity index is 1300. The highest BCUT2D eigenvalue weighted by Crippen LogP contribution is 2.28. The molecule has 0 saturated carbocycles. The molecule has 1 aromatic heterocycles. The van der Waals surface area contributed by atoms with Gasteiger partial charge in [-0.25, -0.2) is 0 Å². The van der Waals surface area contributed by atoms with Crippen molar-refractivity contribution in [1.29, 1.82) is 0 Å². The van der Waals surface area contributed by atoms with Crippen LogP contribution in [0.4, 0.5) is 0 Å². The summed E-state index contributed by atoms with van der Waals surface area (Å²) >= 11 is 0. The minimum absolute atomic E-state index is 0.0725. The second kappa shape index (κ2) is 8.90. The lowest BCUT2D eigenvalue weighted by Crippen LogP contribution is -2.30. The Morgan fingerprint density at radius 2 is 1.31 bits per heavy atom. The first-order valence-corrected chi connectivity index (χ1v) is 10.7. The third-order valence-electron chi connectivity index (χ3n) is 5.59. The van der Waals surface area contributed by atoms with E-state index in [-0.39, 0.29) is 5.91 Å². The number of fused-ring (bicyclic) bond motifs is 1. The highest BCUT2D eigenvalue weighted by Gasteiger charge is 2.20. The maximum atomic E-state index is 13.5. The van der Waals surface area contributed by atoms with Crippen LogP contribution in [0.1, 0.15) is 21.6 Å². The minimum atomic E-state index is -0.0725. The van der Waals surface area contributed by atoms with Gasteiger partial charge in [0.1, 0.15) is 5.69 Å². The van der Waals surface area contributed by atoms with Crippen LogP contribution in [-0.4, -0.2) is 21.0 Å². The van der Waals surface area contributed by atoms with Crippen molar-refractivity contribution in [3.05, 3.63) is 126 Å². The zero-order valence-electron chi connectivity index (χ0n) is 17.6. The zero-order chi connectivity index (χ0) is 21.8.